The molecule has 0 fully saturated rings. The van der Waals surface area contributed by atoms with Gasteiger partial charge in [0.05, 0.1) is 9.79 Å². The van der Waals surface area contributed by atoms with Gasteiger partial charge in [0.1, 0.15) is 31.7 Å². The predicted octanol–water partition coefficient (Wildman–Crippen LogP) is -5.93. The Morgan fingerprint density at radius 3 is 1.68 bits per heavy atom. The van der Waals surface area contributed by atoms with Gasteiger partial charge in [-0.2, -0.15) is 0 Å². The Kier molecular flexibility index (Phi) is 8.70. The molecular formula is C10H6K2O8S2. The van der Waals surface area contributed by atoms with Gasteiger partial charge in [-0.15, -0.1) is 0 Å². The molecule has 0 unspecified atom stereocenters. The largest absolute Gasteiger partial charge is 1.00 e. The van der Waals surface area contributed by atoms with Gasteiger partial charge in [0.2, 0.25) is 0 Å². The number of aromatic hydroxyl groups is 2. The first-order chi connectivity index (χ1) is 9.00. The average molecular weight is 396 g/mol. The van der Waals surface area contributed by atoms with Crippen LogP contribution in [0.2, 0.25) is 0 Å². The molecular weight excluding hydrogens is 390 g/mol. The number of phenolic OH excluding ortho intramolecular Hbond substituents is 2. The monoisotopic (exact) mass is 396 g/mol. The van der Waals surface area contributed by atoms with Crippen LogP contribution in [0, 0.1) is 0 Å². The van der Waals surface area contributed by atoms with Crippen LogP contribution in [0.5, 0.6) is 11.5 Å². The van der Waals surface area contributed by atoms with Gasteiger partial charge < -0.3 is 19.3 Å². The standard InChI is InChI=1S/C10H8O8S2.2K/c11-6-1-5-2-9(19(13,14)15)10(20(16,17)18)4-7(5)8(12)3-6;;/h1-4,11-12H,(H,13,14,15)(H,16,17,18);;/q;2*+1/p-2. The fraction of sp³-hybridized carbons (Fsp3) is 0. The Morgan fingerprint density at radius 1 is 0.773 bits per heavy atom. The van der Waals surface area contributed by atoms with Gasteiger partial charge in [0, 0.05) is 11.5 Å². The second-order valence-electron chi connectivity index (χ2n) is 3.89. The fourth-order valence-electron chi connectivity index (χ4n) is 1.73. The number of fused-ring (bicyclic) bond motifs is 1. The molecule has 2 aromatic rings. The van der Waals surface area contributed by atoms with Crippen LogP contribution in [-0.2, 0) is 20.2 Å². The molecule has 0 radical (unpaired) electrons. The first-order valence-corrected chi connectivity index (χ1v) is 7.73. The van der Waals surface area contributed by atoms with Gasteiger partial charge in [0.25, 0.3) is 0 Å². The number of rotatable bonds is 2. The topological polar surface area (TPSA) is 155 Å². The van der Waals surface area contributed by atoms with E-state index in [0.29, 0.717) is 12.1 Å². The molecule has 2 N–H and O–H groups in total. The maximum atomic E-state index is 11.0. The summed E-state index contributed by atoms with van der Waals surface area (Å²) >= 11 is 0. The summed E-state index contributed by atoms with van der Waals surface area (Å²) in [6.45, 7) is 0. The molecule has 0 amide bonds. The normalized spacial score (nSPS) is 11.5. The Balaban J connectivity index is 0.00000220. The van der Waals surface area contributed by atoms with Crippen molar-refractivity contribution in [2.45, 2.75) is 9.79 Å². The molecule has 0 spiro atoms. The second-order valence-corrected chi connectivity index (χ2v) is 6.59. The molecule has 0 aliphatic rings. The first-order valence-electron chi connectivity index (χ1n) is 4.91. The molecule has 2 rings (SSSR count). The Labute approximate surface area is 211 Å². The molecule has 0 aromatic heterocycles. The summed E-state index contributed by atoms with van der Waals surface area (Å²) in [6, 6.07) is 3.07. The molecule has 0 aliphatic carbocycles. The Hall–Kier alpha value is 1.39. The van der Waals surface area contributed by atoms with E-state index in [1.165, 1.54) is 0 Å². The fourth-order valence-corrected chi connectivity index (χ4v) is 3.48. The predicted molar refractivity (Wildman–Crippen MR) is 63.2 cm³/mol. The molecule has 8 nitrogen and oxygen atoms in total. The zero-order chi connectivity index (χ0) is 15.3. The van der Waals surface area contributed by atoms with Crippen molar-refractivity contribution >= 4 is 31.0 Å². The third-order valence-electron chi connectivity index (χ3n) is 2.52. The quantitative estimate of drug-likeness (QED) is 0.375. The van der Waals surface area contributed by atoms with Crippen LogP contribution in [0.25, 0.3) is 10.8 Å². The molecule has 0 saturated carbocycles. The van der Waals surface area contributed by atoms with Crippen molar-refractivity contribution in [3.05, 3.63) is 24.3 Å². The van der Waals surface area contributed by atoms with Gasteiger partial charge in [-0.3, -0.25) is 0 Å². The summed E-state index contributed by atoms with van der Waals surface area (Å²) in [5.41, 5.74) is 0. The number of benzene rings is 2. The van der Waals surface area contributed by atoms with Gasteiger partial charge in [-0.1, -0.05) is 0 Å². The minimum Gasteiger partial charge on any atom is -0.744 e. The van der Waals surface area contributed by atoms with Crippen LogP contribution < -0.4 is 103 Å². The molecule has 0 aliphatic heterocycles. The zero-order valence-corrected chi connectivity index (χ0v) is 19.3. The van der Waals surface area contributed by atoms with Crippen molar-refractivity contribution < 1.29 is 139 Å². The minimum absolute atomic E-state index is 0. The molecule has 0 saturated heterocycles. The van der Waals surface area contributed by atoms with Crippen LogP contribution in [0.15, 0.2) is 34.1 Å². The van der Waals surface area contributed by atoms with E-state index in [1.54, 1.807) is 0 Å². The molecule has 2 aromatic carbocycles. The van der Waals surface area contributed by atoms with E-state index in [9.17, 15) is 36.2 Å². The summed E-state index contributed by atoms with van der Waals surface area (Å²) in [5.74, 6) is -0.998. The number of hydrogen-bond donors (Lipinski definition) is 2. The summed E-state index contributed by atoms with van der Waals surface area (Å²) in [4.78, 5) is -2.48. The van der Waals surface area contributed by atoms with E-state index in [-0.39, 0.29) is 114 Å². The summed E-state index contributed by atoms with van der Waals surface area (Å²) in [7, 11) is -10.5. The van der Waals surface area contributed by atoms with Crippen molar-refractivity contribution in [3.63, 3.8) is 0 Å². The smallest absolute Gasteiger partial charge is 0.744 e. The summed E-state index contributed by atoms with van der Waals surface area (Å²) in [5, 5.41) is 18.5. The van der Waals surface area contributed by atoms with Crippen molar-refractivity contribution in [1.82, 2.24) is 0 Å². The molecule has 12 heteroatoms. The van der Waals surface area contributed by atoms with Crippen molar-refractivity contribution in [2.24, 2.45) is 0 Å². The summed E-state index contributed by atoms with van der Waals surface area (Å²) in [6.07, 6.45) is 0. The average Bonchev–Trinajstić information content (AvgIpc) is 2.24. The second kappa shape index (κ2) is 8.18. The number of phenols is 2. The third kappa shape index (κ3) is 5.19. The van der Waals surface area contributed by atoms with E-state index < -0.39 is 41.5 Å². The summed E-state index contributed by atoms with van der Waals surface area (Å²) < 4.78 is 66.2. The van der Waals surface area contributed by atoms with E-state index in [4.69, 9.17) is 0 Å². The van der Waals surface area contributed by atoms with E-state index in [1.807, 2.05) is 0 Å². The van der Waals surface area contributed by atoms with Gasteiger partial charge in [-0.25, -0.2) is 16.8 Å². The Bertz CT molecular complexity index is 922. The molecule has 0 heterocycles. The molecule has 0 bridgehead atoms. The van der Waals surface area contributed by atoms with E-state index in [2.05, 4.69) is 0 Å². The van der Waals surface area contributed by atoms with Crippen LogP contribution >= 0.6 is 0 Å². The zero-order valence-electron chi connectivity index (χ0n) is 11.5. The molecule has 108 valence electrons. The van der Waals surface area contributed by atoms with Crippen LogP contribution in [-0.4, -0.2) is 36.2 Å². The SMILES string of the molecule is O=S(=O)([O-])c1cc2cc(O)cc(O)c2cc1S(=O)(=O)[O-].[K+].[K+]. The first kappa shape index (κ1) is 23.4. The van der Waals surface area contributed by atoms with Crippen LogP contribution in [0.1, 0.15) is 0 Å². The van der Waals surface area contributed by atoms with Gasteiger partial charge >= 0.3 is 103 Å². The maximum absolute atomic E-state index is 11.0. The van der Waals surface area contributed by atoms with Gasteiger partial charge in [0.15, 0.2) is 0 Å². The van der Waals surface area contributed by atoms with Crippen LogP contribution in [0.3, 0.4) is 0 Å². The van der Waals surface area contributed by atoms with Gasteiger partial charge in [-0.05, 0) is 23.6 Å². The van der Waals surface area contributed by atoms with E-state index >= 15 is 0 Å². The van der Waals surface area contributed by atoms with Crippen molar-refractivity contribution in [1.29, 1.82) is 0 Å². The third-order valence-corrected chi connectivity index (χ3v) is 4.40. The van der Waals surface area contributed by atoms with Crippen LogP contribution in [0.4, 0.5) is 0 Å². The number of hydrogen-bond acceptors (Lipinski definition) is 8. The molecule has 22 heavy (non-hydrogen) atoms. The van der Waals surface area contributed by atoms with Crippen molar-refractivity contribution in [2.75, 3.05) is 0 Å². The van der Waals surface area contributed by atoms with Crippen molar-refractivity contribution in [3.8, 4) is 11.5 Å². The minimum atomic E-state index is -5.24. The van der Waals surface area contributed by atoms with E-state index in [0.717, 1.165) is 12.1 Å². The maximum Gasteiger partial charge on any atom is 1.00 e. The Morgan fingerprint density at radius 2 is 1.23 bits per heavy atom. The molecule has 0 atom stereocenters.